The summed E-state index contributed by atoms with van der Waals surface area (Å²) in [5.41, 5.74) is 0. The molecule has 0 aliphatic heterocycles. The van der Waals surface area contributed by atoms with E-state index in [0.717, 1.165) is 0 Å². The zero-order chi connectivity index (χ0) is 7.44. The minimum absolute atomic E-state index is 0.384. The van der Waals surface area contributed by atoms with Gasteiger partial charge in [0.1, 0.15) is 0 Å². The number of ketones is 2. The van der Waals surface area contributed by atoms with Crippen LogP contribution in [-0.4, -0.2) is 11.6 Å². The Balaban J connectivity index is 4.22. The maximum absolute atomic E-state index is 10.4. The highest BCUT2D eigenvalue weighted by Crippen LogP contribution is 1.96. The first-order valence-electron chi connectivity index (χ1n) is 2.50. The lowest BCUT2D eigenvalue weighted by Gasteiger charge is -1.94. The summed E-state index contributed by atoms with van der Waals surface area (Å²) in [7, 11) is 0. The van der Waals surface area contributed by atoms with E-state index in [-0.39, 0.29) is 11.6 Å². The lowest BCUT2D eigenvalue weighted by atomic mass is 10.0. The van der Waals surface area contributed by atoms with Crippen LogP contribution < -0.4 is 0 Å². The number of Topliss-reactive ketones (excluding diaryl/α,β-unsaturated/α-hetero) is 2. The highest BCUT2D eigenvalue weighted by atomic mass is 16.1. The summed E-state index contributed by atoms with van der Waals surface area (Å²) in [6, 6.07) is 1.60. The quantitative estimate of drug-likeness (QED) is 0.499. The van der Waals surface area contributed by atoms with Gasteiger partial charge in [0.15, 0.2) is 17.5 Å². The molecule has 0 saturated carbocycles. The molecule has 0 spiro atoms. The van der Waals surface area contributed by atoms with Gasteiger partial charge in [0.2, 0.25) is 0 Å². The molecule has 48 valence electrons. The second-order valence-corrected chi connectivity index (χ2v) is 1.78. The van der Waals surface area contributed by atoms with E-state index in [0.29, 0.717) is 0 Å². The van der Waals surface area contributed by atoms with Crippen LogP contribution in [0.15, 0.2) is 0 Å². The number of hydrogen-bond acceptors (Lipinski definition) is 3. The Bertz CT molecular complexity index is 164. The fourth-order valence-electron chi connectivity index (χ4n) is 0.468. The molecule has 0 heterocycles. The van der Waals surface area contributed by atoms with E-state index in [4.69, 9.17) is 5.26 Å². The van der Waals surface area contributed by atoms with Crippen LogP contribution in [0, 0.1) is 17.2 Å². The van der Waals surface area contributed by atoms with Crippen molar-refractivity contribution in [3.63, 3.8) is 0 Å². The first-order chi connectivity index (χ1) is 4.09. The van der Waals surface area contributed by atoms with Crippen molar-refractivity contribution in [2.45, 2.75) is 13.8 Å². The molecule has 0 amide bonds. The second-order valence-electron chi connectivity index (χ2n) is 1.78. The highest BCUT2D eigenvalue weighted by Gasteiger charge is 2.17. The molecule has 9 heavy (non-hydrogen) atoms. The number of carbonyl (C=O) groups excluding carboxylic acids is 2. The van der Waals surface area contributed by atoms with E-state index >= 15 is 0 Å². The van der Waals surface area contributed by atoms with Gasteiger partial charge in [-0.2, -0.15) is 5.26 Å². The van der Waals surface area contributed by atoms with Gasteiger partial charge < -0.3 is 0 Å². The van der Waals surface area contributed by atoms with Crippen molar-refractivity contribution >= 4 is 11.6 Å². The summed E-state index contributed by atoms with van der Waals surface area (Å²) >= 11 is 0. The third-order valence-electron chi connectivity index (χ3n) is 0.942. The first kappa shape index (κ1) is 7.83. The summed E-state index contributed by atoms with van der Waals surface area (Å²) in [4.78, 5) is 20.7. The van der Waals surface area contributed by atoms with Crippen molar-refractivity contribution in [3.05, 3.63) is 0 Å². The predicted molar refractivity (Wildman–Crippen MR) is 30.5 cm³/mol. The zero-order valence-electron chi connectivity index (χ0n) is 5.34. The van der Waals surface area contributed by atoms with Crippen molar-refractivity contribution < 1.29 is 9.59 Å². The van der Waals surface area contributed by atoms with E-state index < -0.39 is 5.92 Å². The Hall–Kier alpha value is -1.17. The summed E-state index contributed by atoms with van der Waals surface area (Å²) in [5.74, 6) is -1.82. The maximum Gasteiger partial charge on any atom is 0.162 e. The number of nitrogens with zero attached hydrogens (tertiary/aromatic N) is 1. The smallest absolute Gasteiger partial charge is 0.162 e. The van der Waals surface area contributed by atoms with Gasteiger partial charge in [-0.05, 0) is 13.8 Å². The van der Waals surface area contributed by atoms with Crippen molar-refractivity contribution in [1.29, 1.82) is 5.26 Å². The highest BCUT2D eigenvalue weighted by molar-refractivity contribution is 6.02. The molecular weight excluding hydrogens is 118 g/mol. The minimum atomic E-state index is -1.05. The largest absolute Gasteiger partial charge is 0.298 e. The monoisotopic (exact) mass is 125 g/mol. The Labute approximate surface area is 53.3 Å². The third kappa shape index (κ3) is 2.04. The molecule has 0 N–H and O–H groups in total. The van der Waals surface area contributed by atoms with Crippen molar-refractivity contribution in [1.82, 2.24) is 0 Å². The van der Waals surface area contributed by atoms with Crippen LogP contribution in [-0.2, 0) is 9.59 Å². The van der Waals surface area contributed by atoms with E-state index in [1.807, 2.05) is 0 Å². The molecule has 0 bridgehead atoms. The van der Waals surface area contributed by atoms with Gasteiger partial charge in [-0.25, -0.2) is 0 Å². The fourth-order valence-corrected chi connectivity index (χ4v) is 0.468. The van der Waals surface area contributed by atoms with Crippen LogP contribution >= 0.6 is 0 Å². The molecule has 0 radical (unpaired) electrons. The summed E-state index contributed by atoms with van der Waals surface area (Å²) in [5, 5.41) is 8.18. The average molecular weight is 125 g/mol. The minimum Gasteiger partial charge on any atom is -0.298 e. The summed E-state index contributed by atoms with van der Waals surface area (Å²) < 4.78 is 0. The number of nitriles is 1. The van der Waals surface area contributed by atoms with Crippen LogP contribution in [0.5, 0.6) is 0 Å². The molecule has 0 rings (SSSR count). The van der Waals surface area contributed by atoms with Gasteiger partial charge in [-0.15, -0.1) is 0 Å². The first-order valence-corrected chi connectivity index (χ1v) is 2.50. The Morgan fingerprint density at radius 2 is 1.67 bits per heavy atom. The van der Waals surface area contributed by atoms with Crippen molar-refractivity contribution in [2.75, 3.05) is 0 Å². The van der Waals surface area contributed by atoms with E-state index in [1.54, 1.807) is 6.07 Å². The molecule has 0 atom stereocenters. The van der Waals surface area contributed by atoms with Crippen molar-refractivity contribution in [2.24, 2.45) is 5.92 Å². The van der Waals surface area contributed by atoms with Gasteiger partial charge in [0.05, 0.1) is 6.07 Å². The van der Waals surface area contributed by atoms with Gasteiger partial charge in [0.25, 0.3) is 0 Å². The molecule has 3 nitrogen and oxygen atoms in total. The van der Waals surface area contributed by atoms with Crippen LogP contribution in [0.25, 0.3) is 0 Å². The molecule has 0 fully saturated rings. The molecular formula is C6H7NO2. The van der Waals surface area contributed by atoms with E-state index in [2.05, 4.69) is 0 Å². The van der Waals surface area contributed by atoms with E-state index in [1.165, 1.54) is 13.8 Å². The summed E-state index contributed by atoms with van der Waals surface area (Å²) in [6.07, 6.45) is 0. The van der Waals surface area contributed by atoms with Gasteiger partial charge in [0, 0.05) is 0 Å². The van der Waals surface area contributed by atoms with E-state index in [9.17, 15) is 9.59 Å². The standard InChI is InChI=1S/C6H7NO2/c1-4(8)6(3-7)5(2)9/h6H,1-2H3. The molecule has 0 aromatic carbocycles. The lowest BCUT2D eigenvalue weighted by molar-refractivity contribution is -0.127. The topological polar surface area (TPSA) is 57.9 Å². The Morgan fingerprint density at radius 1 is 1.33 bits per heavy atom. The third-order valence-corrected chi connectivity index (χ3v) is 0.942. The Kier molecular flexibility index (Phi) is 2.59. The number of carbonyl (C=O) groups is 2. The molecule has 0 aromatic heterocycles. The predicted octanol–water partition coefficient (Wildman–Crippen LogP) is 0.304. The van der Waals surface area contributed by atoms with Crippen LogP contribution in [0.3, 0.4) is 0 Å². The average Bonchev–Trinajstić information content (AvgIpc) is 1.64. The maximum atomic E-state index is 10.4. The van der Waals surface area contributed by atoms with Crippen LogP contribution in [0.1, 0.15) is 13.8 Å². The molecule has 0 aliphatic rings. The number of rotatable bonds is 2. The van der Waals surface area contributed by atoms with Gasteiger partial charge >= 0.3 is 0 Å². The molecule has 0 unspecified atom stereocenters. The Morgan fingerprint density at radius 3 is 1.67 bits per heavy atom. The molecule has 0 saturated heterocycles. The lowest BCUT2D eigenvalue weighted by Crippen LogP contribution is -2.16. The molecule has 0 aliphatic carbocycles. The van der Waals surface area contributed by atoms with Gasteiger partial charge in [-0.1, -0.05) is 0 Å². The second kappa shape index (κ2) is 2.98. The zero-order valence-corrected chi connectivity index (χ0v) is 5.34. The molecule has 3 heteroatoms. The SMILES string of the molecule is CC(=O)C(C#N)C(C)=O. The van der Waals surface area contributed by atoms with Crippen molar-refractivity contribution in [3.8, 4) is 6.07 Å². The van der Waals surface area contributed by atoms with Crippen LogP contribution in [0.2, 0.25) is 0 Å². The van der Waals surface area contributed by atoms with Gasteiger partial charge in [-0.3, -0.25) is 9.59 Å². The number of hydrogen-bond donors (Lipinski definition) is 0. The van der Waals surface area contributed by atoms with Crippen LogP contribution in [0.4, 0.5) is 0 Å². The normalized spacial score (nSPS) is 8.67. The molecule has 0 aromatic rings. The fraction of sp³-hybridized carbons (Fsp3) is 0.500. The summed E-state index contributed by atoms with van der Waals surface area (Å²) in [6.45, 7) is 2.46.